The third-order valence-corrected chi connectivity index (χ3v) is 13.4. The maximum absolute atomic E-state index is 6.74. The van der Waals surface area contributed by atoms with E-state index >= 15 is 0 Å². The number of pyridine rings is 1. The molecule has 0 aliphatic carbocycles. The summed E-state index contributed by atoms with van der Waals surface area (Å²) in [5.74, 6) is 0.889. The van der Waals surface area contributed by atoms with Crippen molar-refractivity contribution >= 4 is 43.1 Å². The molecule has 0 amide bonds. The van der Waals surface area contributed by atoms with Gasteiger partial charge in [0.25, 0.3) is 0 Å². The van der Waals surface area contributed by atoms with Crippen molar-refractivity contribution in [2.75, 3.05) is 19.7 Å². The van der Waals surface area contributed by atoms with E-state index in [0.29, 0.717) is 27.6 Å². The van der Waals surface area contributed by atoms with E-state index in [1.807, 2.05) is 24.3 Å². The Labute approximate surface area is 243 Å². The average molecular weight is 592 g/mol. The van der Waals surface area contributed by atoms with Gasteiger partial charge in [-0.05, 0) is 47.5 Å². The number of benzene rings is 2. The van der Waals surface area contributed by atoms with E-state index in [1.54, 1.807) is 6.20 Å². The second-order valence-corrected chi connectivity index (χ2v) is 17.7. The summed E-state index contributed by atoms with van der Waals surface area (Å²) in [7, 11) is -2.01. The molecule has 4 nitrogen and oxygen atoms in total. The Balaban J connectivity index is 1.66. The summed E-state index contributed by atoms with van der Waals surface area (Å²) >= 11 is 18.9. The molecule has 38 heavy (non-hydrogen) atoms. The lowest BCUT2D eigenvalue weighted by atomic mass is 9.85. The van der Waals surface area contributed by atoms with E-state index in [-0.39, 0.29) is 23.0 Å². The number of aromatic nitrogens is 1. The predicted octanol–water partition coefficient (Wildman–Crippen LogP) is 8.73. The van der Waals surface area contributed by atoms with Crippen molar-refractivity contribution in [2.24, 2.45) is 5.92 Å². The largest absolute Gasteiger partial charge is 0.472 e. The van der Waals surface area contributed by atoms with Gasteiger partial charge in [0, 0.05) is 43.7 Å². The molecular formula is C30H37Cl3N2O2Si. The number of likely N-dealkylation sites (tertiary alicyclic amines) is 1. The molecule has 8 heteroatoms. The first-order valence-electron chi connectivity index (χ1n) is 13.1. The third-order valence-electron chi connectivity index (χ3n) is 7.93. The number of halogens is 3. The van der Waals surface area contributed by atoms with Gasteiger partial charge in [-0.1, -0.05) is 92.0 Å². The van der Waals surface area contributed by atoms with Gasteiger partial charge in [-0.2, -0.15) is 0 Å². The molecule has 0 saturated carbocycles. The molecule has 1 aliphatic rings. The molecule has 2 aromatic carbocycles. The molecule has 0 bridgehead atoms. The first-order valence-corrected chi connectivity index (χ1v) is 17.1. The van der Waals surface area contributed by atoms with Crippen molar-refractivity contribution in [1.82, 2.24) is 9.88 Å². The van der Waals surface area contributed by atoms with Crippen molar-refractivity contribution in [3.8, 4) is 5.88 Å². The highest BCUT2D eigenvalue weighted by atomic mass is 35.5. The Hall–Kier alpha value is -1.60. The minimum atomic E-state index is -2.01. The summed E-state index contributed by atoms with van der Waals surface area (Å²) in [4.78, 5) is 6.93. The number of hydrogen-bond donors (Lipinski definition) is 0. The van der Waals surface area contributed by atoms with Crippen LogP contribution in [0.4, 0.5) is 0 Å². The summed E-state index contributed by atoms with van der Waals surface area (Å²) in [6.45, 7) is 14.4. The molecule has 1 fully saturated rings. The minimum absolute atomic E-state index is 0.0915. The van der Waals surface area contributed by atoms with Gasteiger partial charge in [0.2, 0.25) is 5.88 Å². The Morgan fingerprint density at radius 1 is 0.974 bits per heavy atom. The van der Waals surface area contributed by atoms with Gasteiger partial charge in [0.1, 0.15) is 6.10 Å². The smallest absolute Gasteiger partial charge is 0.213 e. The zero-order chi connectivity index (χ0) is 27.5. The lowest BCUT2D eigenvalue weighted by Crippen LogP contribution is -2.45. The fourth-order valence-corrected chi connectivity index (χ4v) is 6.13. The molecule has 1 saturated heterocycles. The van der Waals surface area contributed by atoms with Gasteiger partial charge in [-0.25, -0.2) is 4.98 Å². The summed E-state index contributed by atoms with van der Waals surface area (Å²) in [6, 6.07) is 20.2. The molecule has 1 aliphatic heterocycles. The average Bonchev–Trinajstić information content (AvgIpc) is 3.28. The van der Waals surface area contributed by atoms with Crippen LogP contribution < -0.4 is 4.74 Å². The van der Waals surface area contributed by atoms with Crippen LogP contribution in [0.3, 0.4) is 0 Å². The molecule has 4 rings (SSSR count). The fourth-order valence-electron chi connectivity index (χ4n) is 4.70. The second-order valence-electron chi connectivity index (χ2n) is 11.7. The number of hydrogen-bond acceptors (Lipinski definition) is 4. The Morgan fingerprint density at radius 2 is 1.71 bits per heavy atom. The van der Waals surface area contributed by atoms with Crippen molar-refractivity contribution in [1.29, 1.82) is 0 Å². The van der Waals surface area contributed by atoms with E-state index in [0.717, 1.165) is 25.2 Å². The zero-order valence-corrected chi connectivity index (χ0v) is 26.0. The van der Waals surface area contributed by atoms with Crippen LogP contribution in [0, 0.1) is 5.92 Å². The molecule has 3 aromatic rings. The number of rotatable bonds is 9. The highest BCUT2D eigenvalue weighted by Crippen LogP contribution is 2.41. The number of nitrogens with zero attached hydrogens (tertiary/aromatic N) is 2. The molecule has 2 heterocycles. The van der Waals surface area contributed by atoms with Crippen LogP contribution >= 0.6 is 34.8 Å². The second kappa shape index (κ2) is 12.3. The van der Waals surface area contributed by atoms with Crippen LogP contribution in [0.25, 0.3) is 0 Å². The lowest BCUT2D eigenvalue weighted by Gasteiger charge is -2.38. The molecule has 0 unspecified atom stereocenters. The van der Waals surface area contributed by atoms with Crippen LogP contribution in [0.15, 0.2) is 66.9 Å². The Morgan fingerprint density at radius 3 is 2.34 bits per heavy atom. The third kappa shape index (κ3) is 7.32. The summed E-state index contributed by atoms with van der Waals surface area (Å²) in [6.07, 6.45) is 1.41. The Kier molecular flexibility index (Phi) is 9.50. The topological polar surface area (TPSA) is 34.6 Å². The predicted molar refractivity (Wildman–Crippen MR) is 161 cm³/mol. The maximum atomic E-state index is 6.74. The van der Waals surface area contributed by atoms with E-state index in [9.17, 15) is 0 Å². The van der Waals surface area contributed by atoms with Crippen LogP contribution in [0.5, 0.6) is 5.88 Å². The van der Waals surface area contributed by atoms with E-state index in [4.69, 9.17) is 44.0 Å². The molecule has 0 spiro atoms. The fraction of sp³-hybridized carbons (Fsp3) is 0.433. The molecule has 3 atom stereocenters. The van der Waals surface area contributed by atoms with E-state index in [2.05, 4.69) is 80.1 Å². The molecular weight excluding hydrogens is 555 g/mol. The van der Waals surface area contributed by atoms with Crippen LogP contribution in [-0.4, -0.2) is 44.0 Å². The van der Waals surface area contributed by atoms with Gasteiger partial charge in [0.15, 0.2) is 8.32 Å². The van der Waals surface area contributed by atoms with Crippen molar-refractivity contribution in [3.63, 3.8) is 0 Å². The SMILES string of the molecule is CC(C)(C)[Si](C)(C)OC[C@H](Oc1ccc(Cl)cn1)[C@H]1CN(Cc2ccccc2)C[C@@H]1c1ccc(Cl)c(Cl)c1. The number of ether oxygens (including phenoxy) is 1. The van der Waals surface area contributed by atoms with Gasteiger partial charge >= 0.3 is 0 Å². The zero-order valence-electron chi connectivity index (χ0n) is 22.8. The molecule has 1 aromatic heterocycles. The maximum Gasteiger partial charge on any atom is 0.213 e. The molecule has 0 N–H and O–H groups in total. The first kappa shape index (κ1) is 29.4. The van der Waals surface area contributed by atoms with Crippen molar-refractivity contribution in [2.45, 2.75) is 57.5 Å². The highest BCUT2D eigenvalue weighted by molar-refractivity contribution is 6.74. The summed E-state index contributed by atoms with van der Waals surface area (Å²) in [5.41, 5.74) is 2.44. The first-order chi connectivity index (χ1) is 17.9. The van der Waals surface area contributed by atoms with Gasteiger partial charge in [0.05, 0.1) is 21.7 Å². The normalized spacial score (nSPS) is 19.5. The van der Waals surface area contributed by atoms with Crippen molar-refractivity contribution < 1.29 is 9.16 Å². The summed E-state index contributed by atoms with van der Waals surface area (Å²) < 4.78 is 13.3. The van der Waals surface area contributed by atoms with Gasteiger partial charge in [-0.15, -0.1) is 0 Å². The van der Waals surface area contributed by atoms with Gasteiger partial charge < -0.3 is 9.16 Å². The van der Waals surface area contributed by atoms with Gasteiger partial charge in [-0.3, -0.25) is 4.90 Å². The van der Waals surface area contributed by atoms with E-state index in [1.165, 1.54) is 5.56 Å². The highest BCUT2D eigenvalue weighted by Gasteiger charge is 2.43. The molecule has 204 valence electrons. The quantitative estimate of drug-likeness (QED) is 0.233. The lowest BCUT2D eigenvalue weighted by molar-refractivity contribution is 0.0650. The standard InChI is InChI=1S/C30H37Cl3N2O2Si/c1-30(2,3)38(4,5)36-20-28(37-29-14-12-23(31)16-34-29)25-19-35(17-21-9-7-6-8-10-21)18-24(25)22-11-13-26(32)27(33)15-22/h6-16,24-25,28H,17-20H2,1-5H3/t24-,25+,28+/m1/s1. The summed E-state index contributed by atoms with van der Waals surface area (Å²) in [5, 5.41) is 1.80. The van der Waals surface area contributed by atoms with Crippen LogP contribution in [0.1, 0.15) is 37.8 Å². The van der Waals surface area contributed by atoms with Crippen molar-refractivity contribution in [3.05, 3.63) is 93.1 Å². The van der Waals surface area contributed by atoms with Crippen LogP contribution in [-0.2, 0) is 11.0 Å². The van der Waals surface area contributed by atoms with Crippen LogP contribution in [0.2, 0.25) is 33.2 Å². The minimum Gasteiger partial charge on any atom is -0.472 e. The monoisotopic (exact) mass is 590 g/mol. The molecule has 0 radical (unpaired) electrons. The van der Waals surface area contributed by atoms with E-state index < -0.39 is 8.32 Å². The Bertz CT molecular complexity index is 1200.